The van der Waals surface area contributed by atoms with Crippen LogP contribution in [-0.2, 0) is 27.6 Å². The molecule has 2 N–H and O–H groups in total. The van der Waals surface area contributed by atoms with Crippen molar-refractivity contribution in [3.05, 3.63) is 21.9 Å². The zero-order valence-corrected chi connectivity index (χ0v) is 10.6. The highest BCUT2D eigenvalue weighted by Gasteiger charge is 2.38. The van der Waals surface area contributed by atoms with E-state index in [9.17, 15) is 22.8 Å². The van der Waals surface area contributed by atoms with E-state index < -0.39 is 18.1 Å². The van der Waals surface area contributed by atoms with Crippen LogP contribution in [0.3, 0.4) is 0 Å². The molecule has 10 heteroatoms. The van der Waals surface area contributed by atoms with Crippen LogP contribution in [0.5, 0.6) is 0 Å². The van der Waals surface area contributed by atoms with E-state index in [4.69, 9.17) is 5.11 Å². The quantitative estimate of drug-likeness (QED) is 0.616. The van der Waals surface area contributed by atoms with Gasteiger partial charge in [-0.25, -0.2) is 4.79 Å². The van der Waals surface area contributed by atoms with Crippen molar-refractivity contribution in [2.45, 2.75) is 19.3 Å². The molecule has 0 bridgehead atoms. The number of carbonyl (C=O) groups excluding carboxylic acids is 1. The largest absolute Gasteiger partial charge is 0.477 e. The van der Waals surface area contributed by atoms with Gasteiger partial charge in [0.1, 0.15) is 0 Å². The molecule has 0 saturated heterocycles. The number of nitrogens with one attached hydrogen (secondary N) is 1. The second-order valence-electron chi connectivity index (χ2n) is 3.39. The first-order valence-electron chi connectivity index (χ1n) is 5.10. The van der Waals surface area contributed by atoms with Gasteiger partial charge in [0.25, 0.3) is 0 Å². The summed E-state index contributed by atoms with van der Waals surface area (Å²) in [5, 5.41) is 13.1. The Balaban J connectivity index is 2.40. The SMILES string of the molecule is O=C(O)/C=N\OCc1ccc(CNC(=O)C(F)(F)F)s1. The maximum absolute atomic E-state index is 11.9. The Morgan fingerprint density at radius 1 is 1.40 bits per heavy atom. The van der Waals surface area contributed by atoms with Crippen molar-refractivity contribution in [2.24, 2.45) is 5.16 Å². The summed E-state index contributed by atoms with van der Waals surface area (Å²) in [6, 6.07) is 3.11. The van der Waals surface area contributed by atoms with Gasteiger partial charge in [0.15, 0.2) is 12.8 Å². The monoisotopic (exact) mass is 310 g/mol. The van der Waals surface area contributed by atoms with Gasteiger partial charge in [-0.05, 0) is 12.1 Å². The number of carbonyl (C=O) groups is 2. The molecule has 0 aliphatic rings. The van der Waals surface area contributed by atoms with E-state index in [1.165, 1.54) is 6.07 Å². The third-order valence-corrected chi connectivity index (χ3v) is 2.90. The molecule has 1 heterocycles. The van der Waals surface area contributed by atoms with Gasteiger partial charge < -0.3 is 15.3 Å². The lowest BCUT2D eigenvalue weighted by Gasteiger charge is -2.06. The first-order chi connectivity index (χ1) is 9.29. The maximum Gasteiger partial charge on any atom is 0.471 e. The Kier molecular flexibility index (Phi) is 5.50. The number of alkyl halides is 3. The fraction of sp³-hybridized carbons (Fsp3) is 0.300. The van der Waals surface area contributed by atoms with E-state index in [2.05, 4.69) is 9.99 Å². The molecule has 0 fully saturated rings. The molecule has 0 aliphatic carbocycles. The first kappa shape index (κ1) is 16.0. The smallest absolute Gasteiger partial charge is 0.471 e. The van der Waals surface area contributed by atoms with E-state index in [1.54, 1.807) is 11.4 Å². The highest BCUT2D eigenvalue weighted by Crippen LogP contribution is 2.19. The predicted molar refractivity (Wildman–Crippen MR) is 63.1 cm³/mol. The van der Waals surface area contributed by atoms with Crippen molar-refractivity contribution in [3.8, 4) is 0 Å². The number of amides is 1. The molecule has 6 nitrogen and oxygen atoms in total. The normalized spacial score (nSPS) is 11.6. The second-order valence-corrected chi connectivity index (χ2v) is 4.65. The van der Waals surface area contributed by atoms with Crippen molar-refractivity contribution in [2.75, 3.05) is 0 Å². The minimum atomic E-state index is -4.91. The molecule has 20 heavy (non-hydrogen) atoms. The van der Waals surface area contributed by atoms with Crippen LogP contribution in [-0.4, -0.2) is 29.4 Å². The van der Waals surface area contributed by atoms with Crippen LogP contribution >= 0.6 is 11.3 Å². The van der Waals surface area contributed by atoms with Gasteiger partial charge in [0, 0.05) is 9.75 Å². The standard InChI is InChI=1S/C10H9F3N2O4S/c11-10(12,13)9(18)14-3-6-1-2-7(20-6)5-19-15-4-8(16)17/h1-2,4H,3,5H2,(H,14,18)(H,16,17)/b15-4-. The van der Waals surface area contributed by atoms with Crippen molar-refractivity contribution in [1.29, 1.82) is 0 Å². The van der Waals surface area contributed by atoms with Crippen LogP contribution in [0.2, 0.25) is 0 Å². The molecule has 0 spiro atoms. The summed E-state index contributed by atoms with van der Waals surface area (Å²) < 4.78 is 35.8. The molecule has 0 radical (unpaired) electrons. The lowest BCUT2D eigenvalue weighted by atomic mass is 10.4. The molecule has 1 amide bonds. The van der Waals surface area contributed by atoms with E-state index in [0.717, 1.165) is 11.3 Å². The minimum absolute atomic E-state index is 0.0122. The molecule has 1 aromatic heterocycles. The van der Waals surface area contributed by atoms with E-state index in [1.807, 2.05) is 0 Å². The van der Waals surface area contributed by atoms with Gasteiger partial charge in [-0.15, -0.1) is 11.3 Å². The number of halogens is 3. The second kappa shape index (κ2) is 6.89. The average molecular weight is 310 g/mol. The first-order valence-corrected chi connectivity index (χ1v) is 5.91. The number of carboxylic acid groups (broad SMARTS) is 1. The third-order valence-electron chi connectivity index (χ3n) is 1.84. The van der Waals surface area contributed by atoms with Gasteiger partial charge in [0.2, 0.25) is 0 Å². The lowest BCUT2D eigenvalue weighted by Crippen LogP contribution is -2.36. The average Bonchev–Trinajstić information content (AvgIpc) is 2.78. The van der Waals surface area contributed by atoms with Gasteiger partial charge in [-0.2, -0.15) is 13.2 Å². The zero-order chi connectivity index (χ0) is 15.2. The molecular formula is C10H9F3N2O4S. The number of oxime groups is 1. The van der Waals surface area contributed by atoms with Crippen molar-refractivity contribution < 1.29 is 32.7 Å². The van der Waals surface area contributed by atoms with Gasteiger partial charge in [-0.1, -0.05) is 5.16 Å². The number of thiophene rings is 1. The van der Waals surface area contributed by atoms with Crippen LogP contribution in [0, 0.1) is 0 Å². The minimum Gasteiger partial charge on any atom is -0.477 e. The van der Waals surface area contributed by atoms with Gasteiger partial charge in [-0.3, -0.25) is 4.79 Å². The molecule has 0 atom stereocenters. The molecule has 0 aromatic carbocycles. The number of nitrogens with zero attached hydrogens (tertiary/aromatic N) is 1. The fourth-order valence-corrected chi connectivity index (χ4v) is 1.91. The number of aliphatic carboxylic acids is 1. The molecule has 0 unspecified atom stereocenters. The fourth-order valence-electron chi connectivity index (χ4n) is 1.05. The summed E-state index contributed by atoms with van der Waals surface area (Å²) in [4.78, 5) is 26.5. The van der Waals surface area contributed by atoms with Gasteiger partial charge >= 0.3 is 18.1 Å². The summed E-state index contributed by atoms with van der Waals surface area (Å²) in [6.45, 7) is -0.261. The molecule has 0 saturated carbocycles. The predicted octanol–water partition coefficient (Wildman–Crippen LogP) is 1.51. The molecule has 1 aromatic rings. The molecule has 0 aliphatic heterocycles. The van der Waals surface area contributed by atoms with Crippen LogP contribution in [0.4, 0.5) is 13.2 Å². The zero-order valence-electron chi connectivity index (χ0n) is 9.81. The van der Waals surface area contributed by atoms with Crippen LogP contribution in [0.15, 0.2) is 17.3 Å². The Morgan fingerprint density at radius 3 is 2.65 bits per heavy atom. The summed E-state index contributed by atoms with van der Waals surface area (Å²) in [5.41, 5.74) is 0. The van der Waals surface area contributed by atoms with Crippen LogP contribution in [0.1, 0.15) is 9.75 Å². The topological polar surface area (TPSA) is 88.0 Å². The highest BCUT2D eigenvalue weighted by molar-refractivity contribution is 7.11. The number of hydrogen-bond acceptors (Lipinski definition) is 5. The molecule has 110 valence electrons. The van der Waals surface area contributed by atoms with Crippen molar-refractivity contribution in [1.82, 2.24) is 5.32 Å². The Labute approximate surface area is 114 Å². The van der Waals surface area contributed by atoms with E-state index in [0.29, 0.717) is 16.0 Å². The summed E-state index contributed by atoms with van der Waals surface area (Å²) >= 11 is 1.12. The Morgan fingerprint density at radius 2 is 2.05 bits per heavy atom. The Bertz CT molecular complexity index is 513. The van der Waals surface area contributed by atoms with Gasteiger partial charge in [0.05, 0.1) is 6.54 Å². The number of rotatable bonds is 6. The number of carboxylic acids is 1. The lowest BCUT2D eigenvalue weighted by molar-refractivity contribution is -0.173. The molecular weight excluding hydrogens is 301 g/mol. The van der Waals surface area contributed by atoms with Crippen molar-refractivity contribution in [3.63, 3.8) is 0 Å². The third kappa shape index (κ3) is 5.69. The summed E-state index contributed by atoms with van der Waals surface area (Å²) in [7, 11) is 0. The number of hydrogen-bond donors (Lipinski definition) is 2. The Hall–Kier alpha value is -2.10. The van der Waals surface area contributed by atoms with E-state index in [-0.39, 0.29) is 13.2 Å². The van der Waals surface area contributed by atoms with Crippen LogP contribution in [0.25, 0.3) is 0 Å². The maximum atomic E-state index is 11.9. The van der Waals surface area contributed by atoms with Crippen LogP contribution < -0.4 is 5.32 Å². The van der Waals surface area contributed by atoms with Crippen molar-refractivity contribution >= 4 is 29.4 Å². The highest BCUT2D eigenvalue weighted by atomic mass is 32.1. The summed E-state index contributed by atoms with van der Waals surface area (Å²) in [6.07, 6.45) is -4.34. The molecule has 1 rings (SSSR count). The van der Waals surface area contributed by atoms with E-state index >= 15 is 0 Å². The summed E-state index contributed by atoms with van der Waals surface area (Å²) in [5.74, 6) is -3.26.